The van der Waals surface area contributed by atoms with Gasteiger partial charge in [-0.3, -0.25) is 14.3 Å². The van der Waals surface area contributed by atoms with Gasteiger partial charge in [-0.15, -0.1) is 11.3 Å². The van der Waals surface area contributed by atoms with Gasteiger partial charge >= 0.3 is 5.97 Å². The second-order valence-corrected chi connectivity index (χ2v) is 8.12. The Bertz CT molecular complexity index is 745. The second-order valence-electron chi connectivity index (χ2n) is 7.08. The van der Waals surface area contributed by atoms with Crippen molar-refractivity contribution < 1.29 is 14.7 Å². The zero-order chi connectivity index (χ0) is 17.5. The van der Waals surface area contributed by atoms with Crippen LogP contribution >= 0.6 is 11.3 Å². The molecule has 1 saturated heterocycles. The van der Waals surface area contributed by atoms with E-state index in [2.05, 4.69) is 5.10 Å². The van der Waals surface area contributed by atoms with Crippen LogP contribution in [0.1, 0.15) is 43.7 Å². The summed E-state index contributed by atoms with van der Waals surface area (Å²) < 4.78 is 1.81. The molecule has 3 heterocycles. The Kier molecular flexibility index (Phi) is 4.21. The molecule has 6 nitrogen and oxygen atoms in total. The van der Waals surface area contributed by atoms with Crippen LogP contribution in [0.3, 0.4) is 0 Å². The van der Waals surface area contributed by atoms with Crippen LogP contribution in [-0.2, 0) is 21.7 Å². The van der Waals surface area contributed by atoms with Gasteiger partial charge in [-0.25, -0.2) is 0 Å². The van der Waals surface area contributed by atoms with Gasteiger partial charge in [-0.2, -0.15) is 5.10 Å². The van der Waals surface area contributed by atoms with E-state index in [1.54, 1.807) is 22.4 Å². The maximum absolute atomic E-state index is 12.4. The Labute approximate surface area is 144 Å². The fraction of sp³-hybridized carbons (Fsp3) is 0.471. The van der Waals surface area contributed by atoms with E-state index < -0.39 is 17.9 Å². The van der Waals surface area contributed by atoms with Gasteiger partial charge in [0, 0.05) is 23.1 Å². The molecule has 1 fully saturated rings. The van der Waals surface area contributed by atoms with E-state index in [9.17, 15) is 14.7 Å². The van der Waals surface area contributed by atoms with Crippen LogP contribution in [0.5, 0.6) is 0 Å². The van der Waals surface area contributed by atoms with Crippen molar-refractivity contribution in [3.05, 3.63) is 40.3 Å². The molecule has 2 atom stereocenters. The van der Waals surface area contributed by atoms with Gasteiger partial charge in [0.05, 0.1) is 30.2 Å². The molecule has 0 spiro atoms. The number of aliphatic carboxylic acids is 1. The molecule has 1 amide bonds. The summed E-state index contributed by atoms with van der Waals surface area (Å²) in [5, 5.41) is 15.9. The predicted octanol–water partition coefficient (Wildman–Crippen LogP) is 2.87. The Hall–Kier alpha value is -2.15. The SMILES string of the molecule is CC(C)(C)n1cc([C@H]2[C@@H](C(=O)O)CC(=O)N2Cc2cccs2)cn1. The second kappa shape index (κ2) is 6.05. The summed E-state index contributed by atoms with van der Waals surface area (Å²) in [4.78, 5) is 26.8. The van der Waals surface area contributed by atoms with Crippen LogP contribution in [0.25, 0.3) is 0 Å². The maximum Gasteiger partial charge on any atom is 0.309 e. The summed E-state index contributed by atoms with van der Waals surface area (Å²) in [7, 11) is 0. The third-order valence-corrected chi connectivity index (χ3v) is 5.15. The summed E-state index contributed by atoms with van der Waals surface area (Å²) in [6, 6.07) is 3.41. The number of amides is 1. The number of nitrogens with zero attached hydrogens (tertiary/aromatic N) is 3. The zero-order valence-electron chi connectivity index (χ0n) is 14.0. The monoisotopic (exact) mass is 347 g/mol. The van der Waals surface area contributed by atoms with Crippen molar-refractivity contribution in [2.24, 2.45) is 5.92 Å². The topological polar surface area (TPSA) is 75.4 Å². The highest BCUT2D eigenvalue weighted by Crippen LogP contribution is 2.40. The number of carboxylic acid groups (broad SMARTS) is 1. The number of carbonyl (C=O) groups is 2. The first-order valence-corrected chi connectivity index (χ1v) is 8.75. The third kappa shape index (κ3) is 3.08. The van der Waals surface area contributed by atoms with E-state index in [0.29, 0.717) is 6.54 Å². The largest absolute Gasteiger partial charge is 0.481 e. The van der Waals surface area contributed by atoms with Crippen LogP contribution in [0.4, 0.5) is 0 Å². The first-order chi connectivity index (χ1) is 11.3. The van der Waals surface area contributed by atoms with Crippen molar-refractivity contribution in [1.82, 2.24) is 14.7 Å². The van der Waals surface area contributed by atoms with Crippen LogP contribution < -0.4 is 0 Å². The van der Waals surface area contributed by atoms with Crippen LogP contribution in [0.2, 0.25) is 0 Å². The number of hydrogen-bond donors (Lipinski definition) is 1. The Morgan fingerprint density at radius 3 is 2.75 bits per heavy atom. The van der Waals surface area contributed by atoms with Crippen molar-refractivity contribution in [1.29, 1.82) is 0 Å². The van der Waals surface area contributed by atoms with Crippen LogP contribution in [0.15, 0.2) is 29.9 Å². The molecule has 1 aliphatic heterocycles. The Morgan fingerprint density at radius 2 is 2.21 bits per heavy atom. The summed E-state index contributed by atoms with van der Waals surface area (Å²) in [5.74, 6) is -1.80. The van der Waals surface area contributed by atoms with E-state index >= 15 is 0 Å². The van der Waals surface area contributed by atoms with Crippen LogP contribution in [0, 0.1) is 5.92 Å². The summed E-state index contributed by atoms with van der Waals surface area (Å²) >= 11 is 1.57. The van der Waals surface area contributed by atoms with E-state index in [1.165, 1.54) is 0 Å². The molecule has 2 aromatic rings. The maximum atomic E-state index is 12.4. The molecule has 24 heavy (non-hydrogen) atoms. The van der Waals surface area contributed by atoms with E-state index in [4.69, 9.17) is 0 Å². The molecule has 128 valence electrons. The van der Waals surface area contributed by atoms with Crippen molar-refractivity contribution in [2.45, 2.75) is 45.3 Å². The quantitative estimate of drug-likeness (QED) is 0.923. The summed E-state index contributed by atoms with van der Waals surface area (Å²) in [6.07, 6.45) is 3.58. The molecule has 0 saturated carbocycles. The van der Waals surface area contributed by atoms with Gasteiger partial charge < -0.3 is 10.0 Å². The van der Waals surface area contributed by atoms with Gasteiger partial charge in [0.2, 0.25) is 5.91 Å². The molecule has 0 aliphatic carbocycles. The van der Waals surface area contributed by atoms with Crippen LogP contribution in [-0.4, -0.2) is 31.7 Å². The van der Waals surface area contributed by atoms with Gasteiger partial charge in [-0.05, 0) is 32.2 Å². The zero-order valence-corrected chi connectivity index (χ0v) is 14.8. The highest BCUT2D eigenvalue weighted by molar-refractivity contribution is 7.09. The minimum atomic E-state index is -0.939. The van der Waals surface area contributed by atoms with Crippen molar-refractivity contribution in [3.8, 4) is 0 Å². The minimum absolute atomic E-state index is 0.0338. The highest BCUT2D eigenvalue weighted by Gasteiger charge is 2.45. The molecular formula is C17H21N3O3S. The number of carboxylic acids is 1. The number of rotatable bonds is 4. The molecule has 7 heteroatoms. The standard InChI is InChI=1S/C17H21N3O3S/c1-17(2,3)20-9-11(8-18-20)15-13(16(22)23)7-14(21)19(15)10-12-5-4-6-24-12/h4-6,8-9,13,15H,7,10H2,1-3H3,(H,22,23)/t13-,15-/m0/s1. The number of aromatic nitrogens is 2. The van der Waals surface area contributed by atoms with Crippen molar-refractivity contribution in [2.75, 3.05) is 0 Å². The van der Waals surface area contributed by atoms with Crippen molar-refractivity contribution >= 4 is 23.2 Å². The lowest BCUT2D eigenvalue weighted by atomic mass is 9.96. The minimum Gasteiger partial charge on any atom is -0.481 e. The summed E-state index contributed by atoms with van der Waals surface area (Å²) in [5.41, 5.74) is 0.581. The molecule has 1 aliphatic rings. The third-order valence-electron chi connectivity index (χ3n) is 4.29. The van der Waals surface area contributed by atoms with Gasteiger partial charge in [-0.1, -0.05) is 6.07 Å². The first-order valence-electron chi connectivity index (χ1n) is 7.87. The fourth-order valence-electron chi connectivity index (χ4n) is 3.04. The normalized spacial score (nSPS) is 21.5. The summed E-state index contributed by atoms with van der Waals surface area (Å²) in [6.45, 7) is 6.52. The fourth-order valence-corrected chi connectivity index (χ4v) is 3.74. The lowest BCUT2D eigenvalue weighted by Crippen LogP contribution is -2.30. The van der Waals surface area contributed by atoms with Gasteiger partial charge in [0.15, 0.2) is 0 Å². The smallest absolute Gasteiger partial charge is 0.309 e. The molecule has 0 bridgehead atoms. The van der Waals surface area contributed by atoms with E-state index in [0.717, 1.165) is 10.4 Å². The lowest BCUT2D eigenvalue weighted by Gasteiger charge is -2.26. The first kappa shape index (κ1) is 16.7. The molecular weight excluding hydrogens is 326 g/mol. The Morgan fingerprint density at radius 1 is 1.46 bits per heavy atom. The molecule has 0 aromatic carbocycles. The Balaban J connectivity index is 1.96. The number of thiophene rings is 1. The number of carbonyl (C=O) groups excluding carboxylic acids is 1. The number of likely N-dealkylation sites (tertiary alicyclic amines) is 1. The highest BCUT2D eigenvalue weighted by atomic mass is 32.1. The molecule has 3 rings (SSSR count). The van der Waals surface area contributed by atoms with E-state index in [1.807, 2.05) is 49.2 Å². The number of hydrogen-bond acceptors (Lipinski definition) is 4. The predicted molar refractivity (Wildman–Crippen MR) is 90.6 cm³/mol. The molecule has 0 unspecified atom stereocenters. The average Bonchev–Trinajstić information content (AvgIpc) is 3.19. The van der Waals surface area contributed by atoms with E-state index in [-0.39, 0.29) is 17.9 Å². The van der Waals surface area contributed by atoms with Gasteiger partial charge in [0.25, 0.3) is 0 Å². The molecule has 0 radical (unpaired) electrons. The lowest BCUT2D eigenvalue weighted by molar-refractivity contribution is -0.142. The average molecular weight is 347 g/mol. The van der Waals surface area contributed by atoms with Crippen molar-refractivity contribution in [3.63, 3.8) is 0 Å². The molecule has 1 N–H and O–H groups in total. The molecule has 2 aromatic heterocycles. The van der Waals surface area contributed by atoms with Gasteiger partial charge in [0.1, 0.15) is 0 Å².